The summed E-state index contributed by atoms with van der Waals surface area (Å²) >= 11 is 0. The first-order chi connectivity index (χ1) is 11.8. The molecule has 0 aliphatic heterocycles. The highest BCUT2D eigenvalue weighted by atomic mass is 16.5. The number of imidazole rings is 1. The Morgan fingerprint density at radius 3 is 2.75 bits per heavy atom. The van der Waals surface area contributed by atoms with E-state index in [9.17, 15) is 0 Å². The second kappa shape index (κ2) is 6.56. The van der Waals surface area contributed by atoms with E-state index in [0.29, 0.717) is 12.5 Å². The summed E-state index contributed by atoms with van der Waals surface area (Å²) in [5, 5.41) is 0. The van der Waals surface area contributed by atoms with Crippen molar-refractivity contribution in [1.82, 2.24) is 9.55 Å². The van der Waals surface area contributed by atoms with Gasteiger partial charge in [-0.1, -0.05) is 18.2 Å². The minimum absolute atomic E-state index is 0.650. The number of fused-ring (bicyclic) bond motifs is 1. The average molecular weight is 322 g/mol. The lowest BCUT2D eigenvalue weighted by Gasteiger charge is -2.10. The van der Waals surface area contributed by atoms with Gasteiger partial charge in [-0.2, -0.15) is 0 Å². The number of nitrogens with zero attached hydrogens (tertiary/aromatic N) is 2. The maximum Gasteiger partial charge on any atom is 0.122 e. The Kier molecular flexibility index (Phi) is 4.11. The van der Waals surface area contributed by atoms with Crippen molar-refractivity contribution in [2.75, 3.05) is 13.7 Å². The van der Waals surface area contributed by atoms with Gasteiger partial charge in [0.2, 0.25) is 0 Å². The normalized spacial score (nSPS) is 14.0. The lowest BCUT2D eigenvalue weighted by molar-refractivity contribution is 0.299. The highest BCUT2D eigenvalue weighted by Gasteiger charge is 2.29. The predicted octanol–water partition coefficient (Wildman–Crippen LogP) is 4.39. The number of methoxy groups -OCH3 is 1. The van der Waals surface area contributed by atoms with Gasteiger partial charge in [-0.15, -0.1) is 0 Å². The third-order valence-corrected chi connectivity index (χ3v) is 4.46. The molecule has 4 nitrogen and oxygen atoms in total. The summed E-state index contributed by atoms with van der Waals surface area (Å²) in [6.45, 7) is 1.63. The predicted molar refractivity (Wildman–Crippen MR) is 94.8 cm³/mol. The largest absolute Gasteiger partial charge is 0.497 e. The zero-order valence-corrected chi connectivity index (χ0v) is 13.9. The number of para-hydroxylation sites is 2. The Morgan fingerprint density at radius 2 is 1.92 bits per heavy atom. The van der Waals surface area contributed by atoms with Crippen LogP contribution in [0.2, 0.25) is 0 Å². The number of hydrogen-bond donors (Lipinski definition) is 0. The van der Waals surface area contributed by atoms with E-state index in [2.05, 4.69) is 28.8 Å². The second-order valence-corrected chi connectivity index (χ2v) is 6.27. The first kappa shape index (κ1) is 15.1. The molecule has 4 rings (SSSR count). The van der Waals surface area contributed by atoms with Gasteiger partial charge < -0.3 is 14.0 Å². The van der Waals surface area contributed by atoms with Crippen LogP contribution in [0.5, 0.6) is 11.5 Å². The summed E-state index contributed by atoms with van der Waals surface area (Å²) in [5.41, 5.74) is 2.34. The Morgan fingerprint density at radius 1 is 1.08 bits per heavy atom. The van der Waals surface area contributed by atoms with E-state index in [1.165, 1.54) is 24.2 Å². The fourth-order valence-electron chi connectivity index (χ4n) is 3.09. The molecule has 4 heteroatoms. The fraction of sp³-hybridized carbons (Fsp3) is 0.350. The van der Waals surface area contributed by atoms with Crippen LogP contribution in [-0.2, 0) is 6.54 Å². The third kappa shape index (κ3) is 3.09. The summed E-state index contributed by atoms with van der Waals surface area (Å²) in [6, 6.07) is 16.2. The molecule has 0 unspecified atom stereocenters. The monoisotopic (exact) mass is 322 g/mol. The Hall–Kier alpha value is -2.49. The van der Waals surface area contributed by atoms with Crippen LogP contribution in [0, 0.1) is 0 Å². The molecule has 0 N–H and O–H groups in total. The van der Waals surface area contributed by atoms with Gasteiger partial charge in [0.05, 0.1) is 24.8 Å². The molecule has 0 radical (unpaired) electrons. The Labute approximate surface area is 142 Å². The zero-order chi connectivity index (χ0) is 16.4. The number of benzene rings is 2. The molecule has 0 saturated heterocycles. The second-order valence-electron chi connectivity index (χ2n) is 6.27. The summed E-state index contributed by atoms with van der Waals surface area (Å²) in [6.07, 6.45) is 3.49. The van der Waals surface area contributed by atoms with E-state index >= 15 is 0 Å². The van der Waals surface area contributed by atoms with E-state index in [0.717, 1.165) is 30.0 Å². The van der Waals surface area contributed by atoms with Crippen LogP contribution in [0.25, 0.3) is 11.0 Å². The molecular formula is C20H22N2O2. The van der Waals surface area contributed by atoms with Crippen LogP contribution in [0.1, 0.15) is 31.0 Å². The molecule has 1 aliphatic rings. The van der Waals surface area contributed by atoms with Gasteiger partial charge >= 0.3 is 0 Å². The molecule has 1 saturated carbocycles. The quantitative estimate of drug-likeness (QED) is 0.605. The van der Waals surface area contributed by atoms with Gasteiger partial charge in [-0.25, -0.2) is 4.98 Å². The molecule has 0 amide bonds. The fourth-order valence-corrected chi connectivity index (χ4v) is 3.09. The summed E-state index contributed by atoms with van der Waals surface area (Å²) in [5.74, 6) is 3.57. The van der Waals surface area contributed by atoms with Gasteiger partial charge in [-0.05, 0) is 43.5 Å². The van der Waals surface area contributed by atoms with Crippen molar-refractivity contribution in [3.8, 4) is 11.5 Å². The van der Waals surface area contributed by atoms with Crippen molar-refractivity contribution in [2.24, 2.45) is 0 Å². The molecule has 1 heterocycles. The van der Waals surface area contributed by atoms with Crippen LogP contribution in [0.15, 0.2) is 48.5 Å². The standard InChI is InChI=1S/C20H22N2O2/c1-23-16-6-4-7-17(14-16)24-13-5-12-22-19-9-3-2-8-18(19)21-20(22)15-10-11-15/h2-4,6-9,14-15H,5,10-13H2,1H3. The van der Waals surface area contributed by atoms with Crippen molar-refractivity contribution < 1.29 is 9.47 Å². The topological polar surface area (TPSA) is 36.3 Å². The molecule has 0 bridgehead atoms. The molecule has 1 fully saturated rings. The van der Waals surface area contributed by atoms with Gasteiger partial charge in [0.25, 0.3) is 0 Å². The minimum Gasteiger partial charge on any atom is -0.497 e. The molecule has 1 aromatic heterocycles. The first-order valence-corrected chi connectivity index (χ1v) is 8.57. The zero-order valence-electron chi connectivity index (χ0n) is 13.9. The smallest absolute Gasteiger partial charge is 0.122 e. The van der Waals surface area contributed by atoms with E-state index in [1.54, 1.807) is 7.11 Å². The van der Waals surface area contributed by atoms with Crippen molar-refractivity contribution in [3.63, 3.8) is 0 Å². The van der Waals surface area contributed by atoms with Crippen LogP contribution >= 0.6 is 0 Å². The number of aromatic nitrogens is 2. The van der Waals surface area contributed by atoms with E-state index in [-0.39, 0.29) is 0 Å². The van der Waals surface area contributed by atoms with Gasteiger partial charge in [-0.3, -0.25) is 0 Å². The van der Waals surface area contributed by atoms with Crippen molar-refractivity contribution in [1.29, 1.82) is 0 Å². The summed E-state index contributed by atoms with van der Waals surface area (Å²) in [4.78, 5) is 4.84. The maximum absolute atomic E-state index is 5.86. The number of rotatable bonds is 7. The summed E-state index contributed by atoms with van der Waals surface area (Å²) < 4.78 is 13.5. The SMILES string of the molecule is COc1cccc(OCCCn2c(C3CC3)nc3ccccc32)c1. The van der Waals surface area contributed by atoms with Gasteiger partial charge in [0, 0.05) is 18.5 Å². The number of aryl methyl sites for hydroxylation is 1. The Bertz CT molecular complexity index is 837. The molecule has 2 aromatic carbocycles. The summed E-state index contributed by atoms with van der Waals surface area (Å²) in [7, 11) is 1.67. The van der Waals surface area contributed by atoms with Crippen LogP contribution in [-0.4, -0.2) is 23.3 Å². The molecule has 24 heavy (non-hydrogen) atoms. The molecule has 0 atom stereocenters. The van der Waals surface area contributed by atoms with E-state index in [4.69, 9.17) is 14.5 Å². The van der Waals surface area contributed by atoms with Crippen LogP contribution in [0.4, 0.5) is 0 Å². The molecule has 124 valence electrons. The van der Waals surface area contributed by atoms with Crippen molar-refractivity contribution in [2.45, 2.75) is 31.7 Å². The average Bonchev–Trinajstić information content (AvgIpc) is 3.41. The van der Waals surface area contributed by atoms with E-state index < -0.39 is 0 Å². The van der Waals surface area contributed by atoms with E-state index in [1.807, 2.05) is 24.3 Å². The van der Waals surface area contributed by atoms with Crippen molar-refractivity contribution >= 4 is 11.0 Å². The number of ether oxygens (including phenoxy) is 2. The molecule has 1 aliphatic carbocycles. The van der Waals surface area contributed by atoms with Crippen LogP contribution in [0.3, 0.4) is 0 Å². The molecule has 3 aromatic rings. The van der Waals surface area contributed by atoms with Gasteiger partial charge in [0.15, 0.2) is 0 Å². The minimum atomic E-state index is 0.650. The highest BCUT2D eigenvalue weighted by Crippen LogP contribution is 2.40. The molecule has 0 spiro atoms. The Balaban J connectivity index is 1.42. The van der Waals surface area contributed by atoms with Crippen LogP contribution < -0.4 is 9.47 Å². The molecular weight excluding hydrogens is 300 g/mol. The highest BCUT2D eigenvalue weighted by molar-refractivity contribution is 5.76. The number of hydrogen-bond acceptors (Lipinski definition) is 3. The lowest BCUT2D eigenvalue weighted by Crippen LogP contribution is -2.07. The maximum atomic E-state index is 5.86. The van der Waals surface area contributed by atoms with Gasteiger partial charge in [0.1, 0.15) is 17.3 Å². The third-order valence-electron chi connectivity index (χ3n) is 4.46. The van der Waals surface area contributed by atoms with Crippen molar-refractivity contribution in [3.05, 3.63) is 54.4 Å². The first-order valence-electron chi connectivity index (χ1n) is 8.57. The lowest BCUT2D eigenvalue weighted by atomic mass is 10.3.